The highest BCUT2D eigenvalue weighted by Gasteiger charge is 2.33. The molecule has 0 fully saturated rings. The van der Waals surface area contributed by atoms with E-state index in [2.05, 4.69) is 50.4 Å². The fraction of sp³-hybridized carbons (Fsp3) is 0.357. The van der Waals surface area contributed by atoms with Gasteiger partial charge in [-0.3, -0.25) is 14.4 Å². The van der Waals surface area contributed by atoms with Gasteiger partial charge in [-0.1, -0.05) is 29.8 Å². The number of rotatable bonds is 5. The van der Waals surface area contributed by atoms with Crippen LogP contribution in [0.25, 0.3) is 11.5 Å². The Hall–Kier alpha value is -3.86. The van der Waals surface area contributed by atoms with Gasteiger partial charge in [0.1, 0.15) is 5.65 Å². The molecule has 0 unspecified atom stereocenters. The van der Waals surface area contributed by atoms with Crippen molar-refractivity contribution in [3.05, 3.63) is 85.0 Å². The number of benzene rings is 1. The van der Waals surface area contributed by atoms with Crippen LogP contribution in [0.15, 0.2) is 45.8 Å². The van der Waals surface area contributed by atoms with Crippen LogP contribution >= 0.6 is 15.9 Å². The first-order valence-electron chi connectivity index (χ1n) is 12.9. The molecule has 10 nitrogen and oxygen atoms in total. The Balaban J connectivity index is 1.66. The lowest BCUT2D eigenvalue weighted by Crippen LogP contribution is -2.46. The molecule has 4 aromatic rings. The van der Waals surface area contributed by atoms with Gasteiger partial charge in [-0.05, 0) is 68.5 Å². The summed E-state index contributed by atoms with van der Waals surface area (Å²) in [6.07, 6.45) is 2.84. The van der Waals surface area contributed by atoms with Gasteiger partial charge in [0.15, 0.2) is 11.5 Å². The third-order valence-electron chi connectivity index (χ3n) is 7.08. The van der Waals surface area contributed by atoms with Gasteiger partial charge in [0.2, 0.25) is 0 Å². The smallest absolute Gasteiger partial charge is 0.271 e. The predicted octanol–water partition coefficient (Wildman–Crippen LogP) is 3.49. The van der Waals surface area contributed by atoms with Gasteiger partial charge in [-0.25, -0.2) is 9.08 Å². The van der Waals surface area contributed by atoms with Crippen LogP contribution < -0.4 is 10.9 Å². The molecular weight excluding hydrogens is 562 g/mol. The number of amides is 2. The Bertz CT molecular complexity index is 1660. The molecule has 5 rings (SSSR count). The molecule has 0 bridgehead atoms. The van der Waals surface area contributed by atoms with Crippen LogP contribution in [0, 0.1) is 12.8 Å². The summed E-state index contributed by atoms with van der Waals surface area (Å²) in [6, 6.07) is 8.52. The molecular formula is C28H30BrN7O3. The molecule has 202 valence electrons. The summed E-state index contributed by atoms with van der Waals surface area (Å²) in [5.41, 5.74) is 4.28. The van der Waals surface area contributed by atoms with Gasteiger partial charge in [-0.2, -0.15) is 5.10 Å². The average Bonchev–Trinajstić information content (AvgIpc) is 3.32. The zero-order valence-corrected chi connectivity index (χ0v) is 24.1. The summed E-state index contributed by atoms with van der Waals surface area (Å²) in [7, 11) is 1.52. The van der Waals surface area contributed by atoms with E-state index >= 15 is 0 Å². The van der Waals surface area contributed by atoms with Crippen molar-refractivity contribution in [1.82, 2.24) is 34.6 Å². The largest absolute Gasteiger partial charge is 0.354 e. The molecule has 2 amide bonds. The number of aryl methyl sites for hydroxylation is 1. The summed E-state index contributed by atoms with van der Waals surface area (Å²) >= 11 is 3.50. The molecule has 0 spiro atoms. The van der Waals surface area contributed by atoms with E-state index in [1.54, 1.807) is 27.7 Å². The van der Waals surface area contributed by atoms with E-state index in [9.17, 15) is 14.4 Å². The van der Waals surface area contributed by atoms with Gasteiger partial charge in [-0.15, -0.1) is 10.2 Å². The Morgan fingerprint density at radius 2 is 1.95 bits per heavy atom. The minimum Gasteiger partial charge on any atom is -0.354 e. The van der Waals surface area contributed by atoms with Gasteiger partial charge in [0, 0.05) is 34.3 Å². The second kappa shape index (κ2) is 10.4. The first-order valence-corrected chi connectivity index (χ1v) is 13.7. The number of carbonyl (C=O) groups is 2. The van der Waals surface area contributed by atoms with E-state index in [4.69, 9.17) is 0 Å². The number of hydrogen-bond donors (Lipinski definition) is 1. The van der Waals surface area contributed by atoms with E-state index in [1.807, 2.05) is 32.0 Å². The van der Waals surface area contributed by atoms with Gasteiger partial charge in [0.05, 0.1) is 18.4 Å². The molecule has 1 atom stereocenters. The van der Waals surface area contributed by atoms with Crippen molar-refractivity contribution in [3.8, 4) is 5.82 Å². The van der Waals surface area contributed by atoms with Crippen LogP contribution in [0.2, 0.25) is 0 Å². The monoisotopic (exact) mass is 591 g/mol. The van der Waals surface area contributed by atoms with E-state index < -0.39 is 0 Å². The minimum atomic E-state index is -0.360. The maximum atomic E-state index is 14.1. The van der Waals surface area contributed by atoms with Gasteiger partial charge in [0.25, 0.3) is 17.4 Å². The van der Waals surface area contributed by atoms with Gasteiger partial charge < -0.3 is 10.2 Å². The molecule has 0 radical (unpaired) electrons. The SMILES string of the molecule is CNC(=O)c1ccc(-n2c(=O)c3c(n4ncc(CC(C)C)c24)CN(C(=O)c2ccc(Br)c(C)c2)[C@H](C)C3)nn1. The molecule has 1 aromatic carbocycles. The van der Waals surface area contributed by atoms with Crippen LogP contribution in [0.1, 0.15) is 64.0 Å². The highest BCUT2D eigenvalue weighted by Crippen LogP contribution is 2.27. The maximum absolute atomic E-state index is 14.1. The van der Waals surface area contributed by atoms with Crippen LogP contribution in [0.5, 0.6) is 0 Å². The summed E-state index contributed by atoms with van der Waals surface area (Å²) in [6.45, 7) is 8.36. The summed E-state index contributed by atoms with van der Waals surface area (Å²) in [5.74, 6) is 0.174. The van der Waals surface area contributed by atoms with E-state index in [1.165, 1.54) is 11.6 Å². The molecule has 39 heavy (non-hydrogen) atoms. The third-order valence-corrected chi connectivity index (χ3v) is 7.97. The number of carbonyl (C=O) groups excluding carboxylic acids is 2. The van der Waals surface area contributed by atoms with Crippen LogP contribution in [0.4, 0.5) is 0 Å². The minimum absolute atomic E-state index is 0.0914. The molecule has 0 saturated heterocycles. The van der Waals surface area contributed by atoms with Crippen molar-refractivity contribution in [1.29, 1.82) is 0 Å². The first kappa shape index (κ1) is 26.7. The Morgan fingerprint density at radius 3 is 2.59 bits per heavy atom. The lowest BCUT2D eigenvalue weighted by Gasteiger charge is -2.35. The standard InChI is InChI=1S/C28H30BrN7O3/c1-15(2)10-19-13-31-36-23-14-34(27(38)18-6-7-21(29)16(3)11-18)17(4)12-20(23)28(39)35(26(19)36)24-9-8-22(32-33-24)25(37)30-5/h6-9,11,13,15,17H,10,12,14H2,1-5H3,(H,30,37)/t17-/m1/s1. The Kier molecular flexibility index (Phi) is 7.11. The fourth-order valence-electron chi connectivity index (χ4n) is 5.09. The van der Waals surface area contributed by atoms with Crippen molar-refractivity contribution < 1.29 is 9.59 Å². The third kappa shape index (κ3) is 4.75. The number of hydrogen-bond acceptors (Lipinski definition) is 6. The first-order chi connectivity index (χ1) is 18.6. The van der Waals surface area contributed by atoms with E-state index in [-0.39, 0.29) is 35.7 Å². The quantitative estimate of drug-likeness (QED) is 0.380. The van der Waals surface area contributed by atoms with Crippen molar-refractivity contribution in [2.75, 3.05) is 7.05 Å². The van der Waals surface area contributed by atoms with Crippen molar-refractivity contribution in [2.45, 2.75) is 53.1 Å². The maximum Gasteiger partial charge on any atom is 0.271 e. The number of halogens is 1. The molecule has 1 aliphatic rings. The second-order valence-corrected chi connectivity index (χ2v) is 11.2. The lowest BCUT2D eigenvalue weighted by atomic mass is 9.98. The molecule has 3 aromatic heterocycles. The number of nitrogens with one attached hydrogen (secondary N) is 1. The Morgan fingerprint density at radius 1 is 1.18 bits per heavy atom. The van der Waals surface area contributed by atoms with E-state index in [0.717, 1.165) is 15.6 Å². The fourth-order valence-corrected chi connectivity index (χ4v) is 5.34. The summed E-state index contributed by atoms with van der Waals surface area (Å²) in [5, 5.41) is 15.5. The number of nitrogens with zero attached hydrogens (tertiary/aromatic N) is 6. The second-order valence-electron chi connectivity index (χ2n) is 10.4. The zero-order valence-electron chi connectivity index (χ0n) is 22.5. The van der Waals surface area contributed by atoms with Crippen molar-refractivity contribution >= 4 is 33.4 Å². The van der Waals surface area contributed by atoms with Crippen molar-refractivity contribution in [3.63, 3.8) is 0 Å². The predicted molar refractivity (Wildman–Crippen MR) is 150 cm³/mol. The van der Waals surface area contributed by atoms with Crippen LogP contribution in [0.3, 0.4) is 0 Å². The molecule has 4 heterocycles. The molecule has 0 aliphatic carbocycles. The normalized spacial score (nSPS) is 15.1. The highest BCUT2D eigenvalue weighted by atomic mass is 79.9. The Labute approximate surface area is 234 Å². The van der Waals surface area contributed by atoms with Gasteiger partial charge >= 0.3 is 0 Å². The number of aromatic nitrogens is 5. The molecule has 1 aliphatic heterocycles. The summed E-state index contributed by atoms with van der Waals surface area (Å²) in [4.78, 5) is 41.5. The molecule has 0 saturated carbocycles. The average molecular weight is 592 g/mol. The zero-order chi connectivity index (χ0) is 28.0. The van der Waals surface area contributed by atoms with Crippen LogP contribution in [-0.2, 0) is 19.4 Å². The lowest BCUT2D eigenvalue weighted by molar-refractivity contribution is 0.0651. The van der Waals surface area contributed by atoms with Crippen LogP contribution in [-0.4, -0.2) is 54.2 Å². The highest BCUT2D eigenvalue weighted by molar-refractivity contribution is 9.10. The summed E-state index contributed by atoms with van der Waals surface area (Å²) < 4.78 is 4.24. The van der Waals surface area contributed by atoms with Crippen molar-refractivity contribution in [2.24, 2.45) is 5.92 Å². The topological polar surface area (TPSA) is 114 Å². The van der Waals surface area contributed by atoms with E-state index in [0.29, 0.717) is 47.0 Å². The molecule has 1 N–H and O–H groups in total. The number of fused-ring (bicyclic) bond motifs is 3. The molecule has 11 heteroatoms.